The predicted molar refractivity (Wildman–Crippen MR) is 79.9 cm³/mol. The minimum absolute atomic E-state index is 0.0189. The van der Waals surface area contributed by atoms with Crippen molar-refractivity contribution in [3.8, 4) is 0 Å². The highest BCUT2D eigenvalue weighted by atomic mass is 16.1. The quantitative estimate of drug-likeness (QED) is 0.860. The molecule has 20 heavy (non-hydrogen) atoms. The summed E-state index contributed by atoms with van der Waals surface area (Å²) in [5.41, 5.74) is 5.00. The minimum Gasteiger partial charge on any atom is -0.355 e. The summed E-state index contributed by atoms with van der Waals surface area (Å²) in [6, 6.07) is 6.11. The van der Waals surface area contributed by atoms with Gasteiger partial charge in [0.15, 0.2) is 0 Å². The maximum atomic E-state index is 12.4. The maximum Gasteiger partial charge on any atom is 0.252 e. The fourth-order valence-electron chi connectivity index (χ4n) is 2.87. The molecule has 2 aromatic rings. The van der Waals surface area contributed by atoms with Crippen LogP contribution in [-0.4, -0.2) is 36.4 Å². The third-order valence-electron chi connectivity index (χ3n) is 3.94. The van der Waals surface area contributed by atoms with E-state index in [2.05, 4.69) is 23.3 Å². The third kappa shape index (κ3) is 2.06. The summed E-state index contributed by atoms with van der Waals surface area (Å²) in [7, 11) is 3.76. The van der Waals surface area contributed by atoms with Gasteiger partial charge < -0.3 is 10.2 Å². The SMILES string of the molecule is CNC(=O)c1c2c(nc3ccc(C)cc13)CCN(C)C2. The molecule has 2 heterocycles. The van der Waals surface area contributed by atoms with Crippen LogP contribution < -0.4 is 5.32 Å². The van der Waals surface area contributed by atoms with Crippen LogP contribution >= 0.6 is 0 Å². The largest absolute Gasteiger partial charge is 0.355 e. The van der Waals surface area contributed by atoms with Crippen molar-refractivity contribution in [2.75, 3.05) is 20.6 Å². The second kappa shape index (κ2) is 4.87. The van der Waals surface area contributed by atoms with Crippen LogP contribution in [0.15, 0.2) is 18.2 Å². The van der Waals surface area contributed by atoms with Crippen LogP contribution in [0.2, 0.25) is 0 Å². The van der Waals surface area contributed by atoms with Gasteiger partial charge in [0.05, 0.1) is 11.1 Å². The van der Waals surface area contributed by atoms with Crippen molar-refractivity contribution in [2.24, 2.45) is 0 Å². The summed E-state index contributed by atoms with van der Waals surface area (Å²) in [4.78, 5) is 19.4. The molecule has 4 heteroatoms. The van der Waals surface area contributed by atoms with Crippen LogP contribution in [0.25, 0.3) is 10.9 Å². The number of hydrogen-bond acceptors (Lipinski definition) is 3. The van der Waals surface area contributed by atoms with Gasteiger partial charge in [-0.2, -0.15) is 0 Å². The Hall–Kier alpha value is -1.94. The Kier molecular flexibility index (Phi) is 3.18. The molecule has 1 aromatic carbocycles. The number of hydrogen-bond donors (Lipinski definition) is 1. The van der Waals surface area contributed by atoms with Gasteiger partial charge in [0.25, 0.3) is 5.91 Å². The zero-order valence-electron chi connectivity index (χ0n) is 12.2. The number of likely N-dealkylation sites (N-methyl/N-ethyl adjacent to an activating group) is 1. The van der Waals surface area contributed by atoms with Gasteiger partial charge in [-0.05, 0) is 26.1 Å². The fraction of sp³-hybridized carbons (Fsp3) is 0.375. The molecular formula is C16H19N3O. The van der Waals surface area contributed by atoms with Crippen molar-refractivity contribution < 1.29 is 4.79 Å². The summed E-state index contributed by atoms with van der Waals surface area (Å²) in [6.45, 7) is 3.82. The van der Waals surface area contributed by atoms with E-state index >= 15 is 0 Å². The Bertz CT molecular complexity index is 694. The highest BCUT2D eigenvalue weighted by Gasteiger charge is 2.23. The van der Waals surface area contributed by atoms with E-state index in [1.54, 1.807) is 7.05 Å². The molecule has 1 amide bonds. The van der Waals surface area contributed by atoms with Gasteiger partial charge in [-0.1, -0.05) is 11.6 Å². The monoisotopic (exact) mass is 269 g/mol. The molecule has 0 radical (unpaired) electrons. The first-order valence-corrected chi connectivity index (χ1v) is 6.93. The second-order valence-electron chi connectivity index (χ2n) is 5.50. The molecule has 0 bridgehead atoms. The number of aromatic nitrogens is 1. The van der Waals surface area contributed by atoms with Crippen LogP contribution in [-0.2, 0) is 13.0 Å². The molecule has 0 fully saturated rings. The van der Waals surface area contributed by atoms with Crippen molar-refractivity contribution in [3.05, 3.63) is 40.6 Å². The van der Waals surface area contributed by atoms with Gasteiger partial charge in [0.2, 0.25) is 0 Å². The lowest BCUT2D eigenvalue weighted by molar-refractivity contribution is 0.0962. The second-order valence-corrected chi connectivity index (χ2v) is 5.50. The van der Waals surface area contributed by atoms with Crippen LogP contribution in [0.4, 0.5) is 0 Å². The zero-order chi connectivity index (χ0) is 14.3. The lowest BCUT2D eigenvalue weighted by Gasteiger charge is -2.26. The van der Waals surface area contributed by atoms with E-state index in [9.17, 15) is 4.79 Å². The Labute approximate surface area is 118 Å². The molecule has 1 N–H and O–H groups in total. The van der Waals surface area contributed by atoms with E-state index in [0.717, 1.165) is 52.8 Å². The Morgan fingerprint density at radius 1 is 1.40 bits per heavy atom. The van der Waals surface area contributed by atoms with E-state index in [4.69, 9.17) is 4.98 Å². The van der Waals surface area contributed by atoms with Gasteiger partial charge in [-0.15, -0.1) is 0 Å². The fourth-order valence-corrected chi connectivity index (χ4v) is 2.87. The van der Waals surface area contributed by atoms with Crippen molar-refractivity contribution >= 4 is 16.8 Å². The number of aryl methyl sites for hydroxylation is 1. The number of carbonyl (C=O) groups excluding carboxylic acids is 1. The molecule has 0 saturated carbocycles. The van der Waals surface area contributed by atoms with Crippen molar-refractivity contribution in [1.82, 2.24) is 15.2 Å². The Morgan fingerprint density at radius 2 is 2.20 bits per heavy atom. The summed E-state index contributed by atoms with van der Waals surface area (Å²) >= 11 is 0. The maximum absolute atomic E-state index is 12.4. The van der Waals surface area contributed by atoms with Crippen LogP contribution in [0.1, 0.15) is 27.2 Å². The summed E-state index contributed by atoms with van der Waals surface area (Å²) in [5, 5.41) is 3.73. The standard InChI is InChI=1S/C16H19N3O/c1-10-4-5-13-11(8-10)15(16(20)17-2)12-9-19(3)7-6-14(12)18-13/h4-5,8H,6-7,9H2,1-3H3,(H,17,20). The first kappa shape index (κ1) is 13.1. The smallest absolute Gasteiger partial charge is 0.252 e. The van der Waals surface area contributed by atoms with Crippen molar-refractivity contribution in [2.45, 2.75) is 19.9 Å². The molecular weight excluding hydrogens is 250 g/mol. The van der Waals surface area contributed by atoms with E-state index in [0.29, 0.717) is 0 Å². The molecule has 1 aromatic heterocycles. The first-order valence-electron chi connectivity index (χ1n) is 6.93. The third-order valence-corrected chi connectivity index (χ3v) is 3.94. The van der Waals surface area contributed by atoms with E-state index in [1.165, 1.54) is 0 Å². The molecule has 1 aliphatic rings. The van der Waals surface area contributed by atoms with Gasteiger partial charge in [0, 0.05) is 43.2 Å². The lowest BCUT2D eigenvalue weighted by atomic mass is 9.94. The highest BCUT2D eigenvalue weighted by Crippen LogP contribution is 2.28. The summed E-state index contributed by atoms with van der Waals surface area (Å²) in [6.07, 6.45) is 0.902. The number of fused-ring (bicyclic) bond motifs is 2. The Balaban J connectivity index is 2.35. The molecule has 1 aliphatic heterocycles. The molecule has 0 spiro atoms. The minimum atomic E-state index is -0.0189. The number of benzene rings is 1. The van der Waals surface area contributed by atoms with E-state index in [-0.39, 0.29) is 5.91 Å². The van der Waals surface area contributed by atoms with Crippen LogP contribution in [0, 0.1) is 6.92 Å². The number of nitrogens with one attached hydrogen (secondary N) is 1. The van der Waals surface area contributed by atoms with E-state index < -0.39 is 0 Å². The van der Waals surface area contributed by atoms with Gasteiger partial charge in [0.1, 0.15) is 0 Å². The van der Waals surface area contributed by atoms with Crippen LogP contribution in [0.5, 0.6) is 0 Å². The molecule has 104 valence electrons. The lowest BCUT2D eigenvalue weighted by Crippen LogP contribution is -2.31. The Morgan fingerprint density at radius 3 is 2.95 bits per heavy atom. The first-order chi connectivity index (χ1) is 9.60. The molecule has 4 nitrogen and oxygen atoms in total. The molecule has 0 aliphatic carbocycles. The number of nitrogens with zero attached hydrogens (tertiary/aromatic N) is 2. The number of amides is 1. The molecule has 0 saturated heterocycles. The van der Waals surface area contributed by atoms with Crippen LogP contribution in [0.3, 0.4) is 0 Å². The topological polar surface area (TPSA) is 45.2 Å². The normalized spacial score (nSPS) is 15.2. The highest BCUT2D eigenvalue weighted by molar-refractivity contribution is 6.07. The van der Waals surface area contributed by atoms with Gasteiger partial charge >= 0.3 is 0 Å². The number of carbonyl (C=O) groups is 1. The van der Waals surface area contributed by atoms with Gasteiger partial charge in [-0.3, -0.25) is 9.78 Å². The number of pyridine rings is 1. The van der Waals surface area contributed by atoms with Gasteiger partial charge in [-0.25, -0.2) is 0 Å². The number of rotatable bonds is 1. The van der Waals surface area contributed by atoms with Crippen molar-refractivity contribution in [1.29, 1.82) is 0 Å². The summed E-state index contributed by atoms with van der Waals surface area (Å²) in [5.74, 6) is -0.0189. The predicted octanol–water partition coefficient (Wildman–Crippen LogP) is 1.89. The molecule has 3 rings (SSSR count). The zero-order valence-corrected chi connectivity index (χ0v) is 12.2. The van der Waals surface area contributed by atoms with E-state index in [1.807, 2.05) is 19.1 Å². The summed E-state index contributed by atoms with van der Waals surface area (Å²) < 4.78 is 0. The average Bonchev–Trinajstić information content (AvgIpc) is 2.44. The molecule has 0 unspecified atom stereocenters. The molecule has 0 atom stereocenters. The van der Waals surface area contributed by atoms with Crippen molar-refractivity contribution in [3.63, 3.8) is 0 Å². The average molecular weight is 269 g/mol.